The molecule has 19 heavy (non-hydrogen) atoms. The Morgan fingerprint density at radius 2 is 2.00 bits per heavy atom. The number of carbonyl (C=O) groups is 2. The van der Waals surface area contributed by atoms with Crippen molar-refractivity contribution in [1.82, 2.24) is 9.80 Å². The molecule has 2 saturated heterocycles. The first kappa shape index (κ1) is 14.1. The molecule has 0 radical (unpaired) electrons. The maximum absolute atomic E-state index is 12.5. The standard InChI is InChI=1S/C13H22N2O4/c1-2-5-15(13(18)14-6-3-4-7-14)11-9-19-8-10(11)12(16)17/h10-11H,2-9H2,1H3,(H,16,17). The molecule has 2 amide bonds. The van der Waals surface area contributed by atoms with Crippen LogP contribution in [0.2, 0.25) is 0 Å². The lowest BCUT2D eigenvalue weighted by Gasteiger charge is -2.33. The van der Waals surface area contributed by atoms with Gasteiger partial charge in [0.2, 0.25) is 0 Å². The number of carboxylic acids is 1. The van der Waals surface area contributed by atoms with Crippen molar-refractivity contribution in [2.45, 2.75) is 32.2 Å². The van der Waals surface area contributed by atoms with Gasteiger partial charge in [0.25, 0.3) is 0 Å². The Balaban J connectivity index is 2.09. The molecule has 2 atom stereocenters. The van der Waals surface area contributed by atoms with Crippen molar-refractivity contribution < 1.29 is 19.4 Å². The van der Waals surface area contributed by atoms with Crippen molar-refractivity contribution >= 4 is 12.0 Å². The Morgan fingerprint density at radius 1 is 1.32 bits per heavy atom. The summed E-state index contributed by atoms with van der Waals surface area (Å²) < 4.78 is 5.28. The number of hydrogen-bond donors (Lipinski definition) is 1. The van der Waals surface area contributed by atoms with E-state index in [4.69, 9.17) is 4.74 Å². The number of urea groups is 1. The van der Waals surface area contributed by atoms with Crippen LogP contribution in [0.15, 0.2) is 0 Å². The highest BCUT2D eigenvalue weighted by Gasteiger charge is 2.41. The molecule has 2 aliphatic rings. The molecule has 2 fully saturated rings. The highest BCUT2D eigenvalue weighted by Crippen LogP contribution is 2.23. The monoisotopic (exact) mass is 270 g/mol. The lowest BCUT2D eigenvalue weighted by Crippen LogP contribution is -2.51. The van der Waals surface area contributed by atoms with Crippen molar-refractivity contribution in [3.05, 3.63) is 0 Å². The van der Waals surface area contributed by atoms with Crippen LogP contribution in [-0.2, 0) is 9.53 Å². The SMILES string of the molecule is CCCN(C(=O)N1CCCC1)C1COCC1C(=O)O. The molecule has 2 rings (SSSR count). The second-order valence-corrected chi connectivity index (χ2v) is 5.22. The zero-order chi connectivity index (χ0) is 13.8. The van der Waals surface area contributed by atoms with E-state index in [1.165, 1.54) is 0 Å². The van der Waals surface area contributed by atoms with E-state index in [0.29, 0.717) is 13.2 Å². The van der Waals surface area contributed by atoms with Crippen LogP contribution in [0, 0.1) is 5.92 Å². The van der Waals surface area contributed by atoms with Crippen molar-refractivity contribution in [1.29, 1.82) is 0 Å². The van der Waals surface area contributed by atoms with Crippen molar-refractivity contribution in [2.75, 3.05) is 32.8 Å². The molecule has 1 N–H and O–H groups in total. The Morgan fingerprint density at radius 3 is 2.58 bits per heavy atom. The minimum atomic E-state index is -0.877. The first-order valence-corrected chi connectivity index (χ1v) is 7.01. The Bertz CT molecular complexity index is 342. The van der Waals surface area contributed by atoms with Crippen LogP contribution in [0.4, 0.5) is 4.79 Å². The quantitative estimate of drug-likeness (QED) is 0.828. The number of rotatable bonds is 4. The molecule has 6 nitrogen and oxygen atoms in total. The minimum absolute atomic E-state index is 0.0268. The second-order valence-electron chi connectivity index (χ2n) is 5.22. The maximum atomic E-state index is 12.5. The van der Waals surface area contributed by atoms with Crippen LogP contribution in [0.5, 0.6) is 0 Å². The van der Waals surface area contributed by atoms with Gasteiger partial charge >= 0.3 is 12.0 Å². The molecule has 108 valence electrons. The molecule has 0 aromatic heterocycles. The Labute approximate surface area is 113 Å². The van der Waals surface area contributed by atoms with E-state index in [2.05, 4.69) is 0 Å². The summed E-state index contributed by atoms with van der Waals surface area (Å²) in [5, 5.41) is 9.22. The van der Waals surface area contributed by atoms with E-state index in [9.17, 15) is 14.7 Å². The third-order valence-electron chi connectivity index (χ3n) is 3.85. The fraction of sp³-hybridized carbons (Fsp3) is 0.846. The van der Waals surface area contributed by atoms with Crippen molar-refractivity contribution in [2.24, 2.45) is 5.92 Å². The van der Waals surface area contributed by atoms with Gasteiger partial charge in [-0.25, -0.2) is 4.79 Å². The van der Waals surface area contributed by atoms with Crippen LogP contribution in [0.1, 0.15) is 26.2 Å². The lowest BCUT2D eigenvalue weighted by molar-refractivity contribution is -0.142. The average molecular weight is 270 g/mol. The van der Waals surface area contributed by atoms with Crippen LogP contribution in [0.3, 0.4) is 0 Å². The molecule has 0 aromatic carbocycles. The smallest absolute Gasteiger partial charge is 0.320 e. The third-order valence-corrected chi connectivity index (χ3v) is 3.85. The van der Waals surface area contributed by atoms with E-state index in [-0.39, 0.29) is 18.7 Å². The van der Waals surface area contributed by atoms with Gasteiger partial charge in [-0.3, -0.25) is 4.79 Å². The number of carbonyl (C=O) groups excluding carboxylic acids is 1. The van der Waals surface area contributed by atoms with Gasteiger partial charge in [-0.2, -0.15) is 0 Å². The summed E-state index contributed by atoms with van der Waals surface area (Å²) >= 11 is 0. The summed E-state index contributed by atoms with van der Waals surface area (Å²) in [6, 6.07) is -0.355. The van der Waals surface area contributed by atoms with Crippen LogP contribution >= 0.6 is 0 Å². The predicted octanol–water partition coefficient (Wildman–Crippen LogP) is 1.01. The summed E-state index contributed by atoms with van der Waals surface area (Å²) in [5.41, 5.74) is 0. The number of likely N-dealkylation sites (tertiary alicyclic amines) is 1. The highest BCUT2D eigenvalue weighted by atomic mass is 16.5. The minimum Gasteiger partial charge on any atom is -0.481 e. The van der Waals surface area contributed by atoms with E-state index in [0.717, 1.165) is 32.4 Å². The van der Waals surface area contributed by atoms with Gasteiger partial charge in [-0.15, -0.1) is 0 Å². The van der Waals surface area contributed by atoms with Crippen LogP contribution in [0.25, 0.3) is 0 Å². The van der Waals surface area contributed by atoms with Gasteiger partial charge < -0.3 is 19.6 Å². The topological polar surface area (TPSA) is 70.1 Å². The van der Waals surface area contributed by atoms with Gasteiger partial charge in [-0.05, 0) is 19.3 Å². The Hall–Kier alpha value is -1.30. The number of ether oxygens (including phenoxy) is 1. The van der Waals surface area contributed by atoms with Gasteiger partial charge in [-0.1, -0.05) is 6.92 Å². The van der Waals surface area contributed by atoms with Crippen molar-refractivity contribution in [3.8, 4) is 0 Å². The molecule has 0 aromatic rings. The molecule has 0 aliphatic carbocycles. The summed E-state index contributed by atoms with van der Waals surface area (Å²) in [5.74, 6) is -1.48. The first-order valence-electron chi connectivity index (χ1n) is 7.01. The Kier molecular flexibility index (Phi) is 4.63. The molecule has 2 unspecified atom stereocenters. The maximum Gasteiger partial charge on any atom is 0.320 e. The highest BCUT2D eigenvalue weighted by molar-refractivity contribution is 5.77. The zero-order valence-electron chi connectivity index (χ0n) is 11.4. The van der Waals surface area contributed by atoms with Gasteiger partial charge in [0.1, 0.15) is 5.92 Å². The molecular formula is C13H22N2O4. The number of hydrogen-bond acceptors (Lipinski definition) is 3. The predicted molar refractivity (Wildman–Crippen MR) is 68.9 cm³/mol. The van der Waals surface area contributed by atoms with Gasteiger partial charge in [0, 0.05) is 19.6 Å². The molecule has 0 spiro atoms. The normalized spacial score (nSPS) is 26.7. The number of nitrogens with zero attached hydrogens (tertiary/aromatic N) is 2. The van der Waals surface area contributed by atoms with Crippen molar-refractivity contribution in [3.63, 3.8) is 0 Å². The largest absolute Gasteiger partial charge is 0.481 e. The third kappa shape index (κ3) is 3.00. The van der Waals surface area contributed by atoms with E-state index < -0.39 is 11.9 Å². The molecular weight excluding hydrogens is 248 g/mol. The number of carboxylic acid groups (broad SMARTS) is 1. The molecule has 0 saturated carbocycles. The average Bonchev–Trinajstić information content (AvgIpc) is 3.05. The molecule has 2 aliphatic heterocycles. The fourth-order valence-corrected chi connectivity index (χ4v) is 2.82. The zero-order valence-corrected chi connectivity index (χ0v) is 11.4. The van der Waals surface area contributed by atoms with E-state index in [1.54, 1.807) is 4.90 Å². The number of aliphatic carboxylic acids is 1. The van der Waals surface area contributed by atoms with E-state index >= 15 is 0 Å². The molecule has 6 heteroatoms. The van der Waals surface area contributed by atoms with Crippen LogP contribution < -0.4 is 0 Å². The van der Waals surface area contributed by atoms with E-state index in [1.807, 2.05) is 11.8 Å². The fourth-order valence-electron chi connectivity index (χ4n) is 2.82. The summed E-state index contributed by atoms with van der Waals surface area (Å²) in [6.07, 6.45) is 2.90. The number of amides is 2. The summed E-state index contributed by atoms with van der Waals surface area (Å²) in [4.78, 5) is 27.3. The van der Waals surface area contributed by atoms with Crippen LogP contribution in [-0.4, -0.2) is 65.8 Å². The van der Waals surface area contributed by atoms with Gasteiger partial charge in [0.15, 0.2) is 0 Å². The lowest BCUT2D eigenvalue weighted by atomic mass is 10.0. The molecule has 0 bridgehead atoms. The van der Waals surface area contributed by atoms with Gasteiger partial charge in [0.05, 0.1) is 19.3 Å². The molecule has 2 heterocycles. The first-order chi connectivity index (χ1) is 9.15. The summed E-state index contributed by atoms with van der Waals surface area (Å²) in [6.45, 7) is 4.68. The summed E-state index contributed by atoms with van der Waals surface area (Å²) in [7, 11) is 0. The second kappa shape index (κ2) is 6.23.